The van der Waals surface area contributed by atoms with Gasteiger partial charge in [0.1, 0.15) is 11.6 Å². The summed E-state index contributed by atoms with van der Waals surface area (Å²) >= 11 is 0. The van der Waals surface area contributed by atoms with Gasteiger partial charge in [-0.15, -0.1) is 12.4 Å². The van der Waals surface area contributed by atoms with Crippen LogP contribution in [-0.2, 0) is 25.8 Å². The molecule has 1 heterocycles. The molecule has 4 aromatic rings. The molecule has 0 unspecified atom stereocenters. The minimum atomic E-state index is -0.231. The van der Waals surface area contributed by atoms with Crippen LogP contribution in [-0.4, -0.2) is 36.2 Å². The summed E-state index contributed by atoms with van der Waals surface area (Å²) in [6.45, 7) is 0.903. The highest BCUT2D eigenvalue weighted by Crippen LogP contribution is 2.24. The number of hydrogen-bond donors (Lipinski definition) is 1. The van der Waals surface area contributed by atoms with E-state index in [-0.39, 0.29) is 30.8 Å². The molecular weight excluding hydrogens is 522 g/mol. The van der Waals surface area contributed by atoms with Gasteiger partial charge in [-0.3, -0.25) is 19.5 Å². The lowest BCUT2D eigenvalue weighted by molar-refractivity contribution is 0.0642. The number of halogens is 1. The van der Waals surface area contributed by atoms with Gasteiger partial charge in [-0.25, -0.2) is 0 Å². The lowest BCUT2D eigenvalue weighted by atomic mass is 10.0. The summed E-state index contributed by atoms with van der Waals surface area (Å²) in [5.41, 5.74) is 12.6. The van der Waals surface area contributed by atoms with Crippen LogP contribution >= 0.6 is 12.4 Å². The van der Waals surface area contributed by atoms with Crippen molar-refractivity contribution in [3.63, 3.8) is 0 Å². The van der Waals surface area contributed by atoms with Crippen molar-refractivity contribution in [3.8, 4) is 5.75 Å². The van der Waals surface area contributed by atoms with Gasteiger partial charge in [-0.2, -0.15) is 0 Å². The number of carbonyl (C=O) groups excluding carboxylic acids is 2. The number of hydrogen-bond acceptors (Lipinski definition) is 4. The first-order valence-corrected chi connectivity index (χ1v) is 13.1. The van der Waals surface area contributed by atoms with Gasteiger partial charge in [0.2, 0.25) is 0 Å². The third-order valence-electron chi connectivity index (χ3n) is 7.04. The van der Waals surface area contributed by atoms with Crippen molar-refractivity contribution in [2.45, 2.75) is 25.8 Å². The Kier molecular flexibility index (Phi) is 9.35. The molecular formula is C33H32ClN3O3. The first kappa shape index (κ1) is 28.6. The fourth-order valence-electron chi connectivity index (χ4n) is 4.70. The molecule has 1 aliphatic heterocycles. The quantitative estimate of drug-likeness (QED) is 0.156. The Hall–Kier alpha value is -4.42. The Labute approximate surface area is 240 Å². The molecule has 0 saturated carbocycles. The molecule has 0 aliphatic carbocycles. The molecule has 2 amide bonds. The average molecular weight is 554 g/mol. The summed E-state index contributed by atoms with van der Waals surface area (Å²) in [5.74, 6) is 0.930. The molecule has 2 N–H and O–H groups in total. The zero-order valence-corrected chi connectivity index (χ0v) is 23.2. The molecule has 0 atom stereocenters. The Balaban J connectivity index is 0.00000370. The smallest absolute Gasteiger partial charge is 0.261 e. The summed E-state index contributed by atoms with van der Waals surface area (Å²) in [7, 11) is 1.66. The number of nitrogens with two attached hydrogens (primary N) is 1. The van der Waals surface area contributed by atoms with Crippen LogP contribution in [0.25, 0.3) is 0 Å². The van der Waals surface area contributed by atoms with E-state index in [0.29, 0.717) is 23.5 Å². The number of ether oxygens (including phenoxy) is 1. The Morgan fingerprint density at radius 3 is 1.73 bits per heavy atom. The minimum Gasteiger partial charge on any atom is -0.497 e. The van der Waals surface area contributed by atoms with Gasteiger partial charge in [0.15, 0.2) is 0 Å². The molecule has 0 spiro atoms. The number of rotatable bonds is 10. The van der Waals surface area contributed by atoms with Crippen LogP contribution in [0, 0.1) is 0 Å². The van der Waals surface area contributed by atoms with E-state index in [4.69, 9.17) is 10.5 Å². The second kappa shape index (κ2) is 13.1. The predicted octanol–water partition coefficient (Wildman–Crippen LogP) is 5.65. The fourth-order valence-corrected chi connectivity index (χ4v) is 4.70. The molecule has 6 nitrogen and oxygen atoms in total. The van der Waals surface area contributed by atoms with Crippen LogP contribution in [0.15, 0.2) is 102 Å². The number of amides is 2. The third kappa shape index (κ3) is 6.58. The van der Waals surface area contributed by atoms with Gasteiger partial charge in [-0.05, 0) is 65.8 Å². The lowest BCUT2D eigenvalue weighted by Gasteiger charge is -2.14. The first-order chi connectivity index (χ1) is 19.0. The van der Waals surface area contributed by atoms with Gasteiger partial charge in [0.25, 0.3) is 11.8 Å². The first-order valence-electron chi connectivity index (χ1n) is 13.1. The van der Waals surface area contributed by atoms with Crippen molar-refractivity contribution < 1.29 is 14.3 Å². The molecule has 204 valence electrons. The standard InChI is InChI=1S/C33H31N3O3.ClH/c1-39-28-18-14-25(15-19-28)20-21-35-31(34)27-16-12-24(13-17-27)7-6-23-8-10-26(11-9-23)22-36-32(37)29-4-2-3-5-30(29)33(36)38;/h2-5,8-19H,6-7,20-22H2,1H3,(H2,34,35);1H. The summed E-state index contributed by atoms with van der Waals surface area (Å²) in [4.78, 5) is 31.1. The van der Waals surface area contributed by atoms with Gasteiger partial charge < -0.3 is 10.5 Å². The van der Waals surface area contributed by atoms with Crippen LogP contribution in [0.3, 0.4) is 0 Å². The lowest BCUT2D eigenvalue weighted by Crippen LogP contribution is -2.29. The van der Waals surface area contributed by atoms with Crippen LogP contribution in [0.4, 0.5) is 0 Å². The van der Waals surface area contributed by atoms with E-state index in [1.807, 2.05) is 48.5 Å². The van der Waals surface area contributed by atoms with Crippen molar-refractivity contribution in [2.24, 2.45) is 10.7 Å². The highest BCUT2D eigenvalue weighted by molar-refractivity contribution is 6.21. The average Bonchev–Trinajstić information content (AvgIpc) is 3.22. The SMILES string of the molecule is COc1ccc(CCN=C(N)c2ccc(CCc3ccc(CN4C(=O)c5ccccc5C4=O)cc3)cc2)cc1.Cl. The third-order valence-corrected chi connectivity index (χ3v) is 7.04. The Morgan fingerprint density at radius 2 is 1.18 bits per heavy atom. The van der Waals surface area contributed by atoms with Gasteiger partial charge >= 0.3 is 0 Å². The maximum atomic E-state index is 12.6. The van der Waals surface area contributed by atoms with E-state index in [1.54, 1.807) is 31.4 Å². The molecule has 0 aromatic heterocycles. The van der Waals surface area contributed by atoms with Crippen molar-refractivity contribution >= 4 is 30.1 Å². The number of fused-ring (bicyclic) bond motifs is 1. The molecule has 0 fully saturated rings. The number of methoxy groups -OCH3 is 1. The second-order valence-corrected chi connectivity index (χ2v) is 9.62. The predicted molar refractivity (Wildman–Crippen MR) is 160 cm³/mol. The number of aliphatic imine (C=N–C) groups is 1. The Morgan fingerprint density at radius 1 is 0.700 bits per heavy atom. The highest BCUT2D eigenvalue weighted by Gasteiger charge is 2.34. The summed E-state index contributed by atoms with van der Waals surface area (Å²) in [6.07, 6.45) is 2.60. The maximum Gasteiger partial charge on any atom is 0.261 e. The monoisotopic (exact) mass is 553 g/mol. The maximum absolute atomic E-state index is 12.6. The largest absolute Gasteiger partial charge is 0.497 e. The number of benzene rings is 4. The molecule has 7 heteroatoms. The van der Waals surface area contributed by atoms with E-state index in [2.05, 4.69) is 29.3 Å². The van der Waals surface area contributed by atoms with Gasteiger partial charge in [0.05, 0.1) is 24.8 Å². The molecule has 1 aliphatic rings. The molecule has 0 saturated heterocycles. The Bertz CT molecular complexity index is 1460. The van der Waals surface area contributed by atoms with Crippen molar-refractivity contribution in [2.75, 3.05) is 13.7 Å². The normalized spacial score (nSPS) is 12.7. The van der Waals surface area contributed by atoms with E-state index >= 15 is 0 Å². The zero-order chi connectivity index (χ0) is 27.2. The van der Waals surface area contributed by atoms with E-state index < -0.39 is 0 Å². The van der Waals surface area contributed by atoms with Crippen LogP contribution in [0.5, 0.6) is 5.75 Å². The van der Waals surface area contributed by atoms with E-state index in [9.17, 15) is 9.59 Å². The second-order valence-electron chi connectivity index (χ2n) is 9.62. The molecule has 0 bridgehead atoms. The van der Waals surface area contributed by atoms with Crippen molar-refractivity contribution in [1.82, 2.24) is 4.90 Å². The topological polar surface area (TPSA) is 85.0 Å². The number of carbonyl (C=O) groups is 2. The minimum absolute atomic E-state index is 0. The van der Waals surface area contributed by atoms with Gasteiger partial charge in [-0.1, -0.05) is 72.8 Å². The van der Waals surface area contributed by atoms with Crippen molar-refractivity contribution in [3.05, 3.63) is 136 Å². The molecule has 40 heavy (non-hydrogen) atoms. The van der Waals surface area contributed by atoms with Gasteiger partial charge in [0, 0.05) is 12.1 Å². The van der Waals surface area contributed by atoms with Crippen LogP contribution < -0.4 is 10.5 Å². The van der Waals surface area contributed by atoms with E-state index in [0.717, 1.165) is 36.1 Å². The highest BCUT2D eigenvalue weighted by atomic mass is 35.5. The number of aryl methyl sites for hydroxylation is 2. The number of nitrogens with zero attached hydrogens (tertiary/aromatic N) is 2. The fraction of sp³-hybridized carbons (Fsp3) is 0.182. The number of imide groups is 1. The molecule has 5 rings (SSSR count). The zero-order valence-electron chi connectivity index (χ0n) is 22.4. The van der Waals surface area contributed by atoms with Crippen LogP contribution in [0.1, 0.15) is 48.5 Å². The summed E-state index contributed by atoms with van der Waals surface area (Å²) < 4.78 is 5.19. The molecule has 4 aromatic carbocycles. The van der Waals surface area contributed by atoms with Crippen LogP contribution in [0.2, 0.25) is 0 Å². The van der Waals surface area contributed by atoms with Crippen molar-refractivity contribution in [1.29, 1.82) is 0 Å². The summed E-state index contributed by atoms with van der Waals surface area (Å²) in [6, 6.07) is 31.3. The molecule has 0 radical (unpaired) electrons. The number of amidine groups is 1. The van der Waals surface area contributed by atoms with E-state index in [1.165, 1.54) is 21.6 Å². The summed E-state index contributed by atoms with van der Waals surface area (Å²) in [5, 5.41) is 0.